The van der Waals surface area contributed by atoms with Gasteiger partial charge in [0.25, 0.3) is 0 Å². The standard InChI is InChI=1S/C16H14ClN3O2/c1-22-14-4-2-3-13(9-14)20-16(15(10-21)18-19-20)11-5-7-12(17)8-6-11/h2-9,21H,10H2,1H3. The lowest BCUT2D eigenvalue weighted by molar-refractivity contribution is 0.277. The maximum atomic E-state index is 9.53. The van der Waals surface area contributed by atoms with Crippen LogP contribution < -0.4 is 4.74 Å². The normalized spacial score (nSPS) is 10.7. The van der Waals surface area contributed by atoms with Crippen LogP contribution >= 0.6 is 11.6 Å². The van der Waals surface area contributed by atoms with Gasteiger partial charge in [-0.2, -0.15) is 0 Å². The van der Waals surface area contributed by atoms with Crippen LogP contribution in [0.5, 0.6) is 5.75 Å². The topological polar surface area (TPSA) is 60.2 Å². The van der Waals surface area contributed by atoms with Crippen LogP contribution in [0.2, 0.25) is 5.02 Å². The number of aliphatic hydroxyl groups is 1. The van der Waals surface area contributed by atoms with Crippen LogP contribution in [-0.4, -0.2) is 27.2 Å². The smallest absolute Gasteiger partial charge is 0.121 e. The van der Waals surface area contributed by atoms with Crippen molar-refractivity contribution in [3.8, 4) is 22.7 Å². The molecule has 0 saturated carbocycles. The third-order valence-electron chi connectivity index (χ3n) is 3.31. The van der Waals surface area contributed by atoms with Crippen molar-refractivity contribution in [1.82, 2.24) is 15.0 Å². The average molecular weight is 316 g/mol. The van der Waals surface area contributed by atoms with Crippen molar-refractivity contribution >= 4 is 11.6 Å². The predicted molar refractivity (Wildman–Crippen MR) is 84.3 cm³/mol. The number of rotatable bonds is 4. The number of nitrogens with zero attached hydrogens (tertiary/aromatic N) is 3. The van der Waals surface area contributed by atoms with E-state index >= 15 is 0 Å². The van der Waals surface area contributed by atoms with E-state index in [-0.39, 0.29) is 6.61 Å². The van der Waals surface area contributed by atoms with Crippen molar-refractivity contribution in [3.05, 3.63) is 59.2 Å². The van der Waals surface area contributed by atoms with Crippen LogP contribution in [0.15, 0.2) is 48.5 Å². The highest BCUT2D eigenvalue weighted by molar-refractivity contribution is 6.30. The number of hydrogen-bond acceptors (Lipinski definition) is 4. The van der Waals surface area contributed by atoms with Crippen LogP contribution in [0.4, 0.5) is 0 Å². The molecule has 0 fully saturated rings. The van der Waals surface area contributed by atoms with Gasteiger partial charge in [-0.25, -0.2) is 4.68 Å². The number of ether oxygens (including phenoxy) is 1. The first-order valence-corrected chi connectivity index (χ1v) is 7.06. The van der Waals surface area contributed by atoms with Gasteiger partial charge in [0.15, 0.2) is 0 Å². The highest BCUT2D eigenvalue weighted by Gasteiger charge is 2.16. The highest BCUT2D eigenvalue weighted by atomic mass is 35.5. The third-order valence-corrected chi connectivity index (χ3v) is 3.56. The summed E-state index contributed by atoms with van der Waals surface area (Å²) in [6.07, 6.45) is 0. The van der Waals surface area contributed by atoms with Crippen molar-refractivity contribution in [2.45, 2.75) is 6.61 Å². The van der Waals surface area contributed by atoms with Gasteiger partial charge in [-0.3, -0.25) is 0 Å². The minimum Gasteiger partial charge on any atom is -0.497 e. The lowest BCUT2D eigenvalue weighted by Crippen LogP contribution is -2.00. The monoisotopic (exact) mass is 315 g/mol. The van der Waals surface area contributed by atoms with Gasteiger partial charge in [-0.1, -0.05) is 35.0 Å². The number of aromatic nitrogens is 3. The molecule has 6 heteroatoms. The van der Waals surface area contributed by atoms with Crippen molar-refractivity contribution < 1.29 is 9.84 Å². The maximum Gasteiger partial charge on any atom is 0.121 e. The molecule has 112 valence electrons. The first-order chi connectivity index (χ1) is 10.7. The molecule has 0 atom stereocenters. The first kappa shape index (κ1) is 14.6. The Morgan fingerprint density at radius 1 is 1.18 bits per heavy atom. The Kier molecular flexibility index (Phi) is 4.09. The van der Waals surface area contributed by atoms with E-state index in [0.29, 0.717) is 10.7 Å². The summed E-state index contributed by atoms with van der Waals surface area (Å²) in [4.78, 5) is 0. The molecule has 3 rings (SSSR count). The molecule has 0 saturated heterocycles. The van der Waals surface area contributed by atoms with Gasteiger partial charge in [-0.15, -0.1) is 5.10 Å². The summed E-state index contributed by atoms with van der Waals surface area (Å²) in [7, 11) is 1.61. The second-order valence-corrected chi connectivity index (χ2v) is 5.10. The second-order valence-electron chi connectivity index (χ2n) is 4.66. The Morgan fingerprint density at radius 3 is 2.64 bits per heavy atom. The molecule has 1 aromatic heterocycles. The van der Waals surface area contributed by atoms with Crippen LogP contribution in [0.25, 0.3) is 16.9 Å². The van der Waals surface area contributed by atoms with Crippen LogP contribution in [0, 0.1) is 0 Å². The lowest BCUT2D eigenvalue weighted by atomic mass is 10.1. The fourth-order valence-electron chi connectivity index (χ4n) is 2.24. The molecule has 0 unspecified atom stereocenters. The Labute approximate surface area is 132 Å². The zero-order valence-electron chi connectivity index (χ0n) is 11.9. The summed E-state index contributed by atoms with van der Waals surface area (Å²) in [5.41, 5.74) is 2.91. The van der Waals surface area contributed by atoms with Crippen LogP contribution in [0.3, 0.4) is 0 Å². The quantitative estimate of drug-likeness (QED) is 0.803. The molecule has 1 N–H and O–H groups in total. The molecule has 22 heavy (non-hydrogen) atoms. The fraction of sp³-hybridized carbons (Fsp3) is 0.125. The number of aliphatic hydroxyl groups excluding tert-OH is 1. The van der Waals surface area contributed by atoms with Gasteiger partial charge >= 0.3 is 0 Å². The molecular weight excluding hydrogens is 302 g/mol. The number of benzene rings is 2. The molecule has 1 heterocycles. The van der Waals surface area contributed by atoms with E-state index in [0.717, 1.165) is 22.7 Å². The summed E-state index contributed by atoms with van der Waals surface area (Å²) in [6.45, 7) is -0.193. The molecule has 0 aliphatic heterocycles. The number of hydrogen-bond donors (Lipinski definition) is 1. The van der Waals surface area contributed by atoms with E-state index in [1.165, 1.54) is 0 Å². The summed E-state index contributed by atoms with van der Waals surface area (Å²) < 4.78 is 6.92. The van der Waals surface area contributed by atoms with Crippen molar-refractivity contribution in [1.29, 1.82) is 0 Å². The van der Waals surface area contributed by atoms with Crippen LogP contribution in [-0.2, 0) is 6.61 Å². The average Bonchev–Trinajstić information content (AvgIpc) is 2.99. The Morgan fingerprint density at radius 2 is 1.95 bits per heavy atom. The zero-order chi connectivity index (χ0) is 15.5. The number of methoxy groups -OCH3 is 1. The summed E-state index contributed by atoms with van der Waals surface area (Å²) in [5, 5.41) is 18.4. The van der Waals surface area contributed by atoms with Crippen LogP contribution in [0.1, 0.15) is 5.69 Å². The molecular formula is C16H14ClN3O2. The van der Waals surface area contributed by atoms with Gasteiger partial charge in [0.05, 0.1) is 19.4 Å². The lowest BCUT2D eigenvalue weighted by Gasteiger charge is -2.09. The number of halogens is 1. The largest absolute Gasteiger partial charge is 0.497 e. The highest BCUT2D eigenvalue weighted by Crippen LogP contribution is 2.27. The summed E-state index contributed by atoms with van der Waals surface area (Å²) in [5.74, 6) is 0.723. The van der Waals surface area contributed by atoms with E-state index < -0.39 is 0 Å². The Hall–Kier alpha value is -2.37. The molecule has 0 spiro atoms. The summed E-state index contributed by atoms with van der Waals surface area (Å²) >= 11 is 5.94. The first-order valence-electron chi connectivity index (χ1n) is 6.68. The van der Waals surface area contributed by atoms with Gasteiger partial charge in [0.2, 0.25) is 0 Å². The SMILES string of the molecule is COc1cccc(-n2nnc(CO)c2-c2ccc(Cl)cc2)c1. The van der Waals surface area contributed by atoms with E-state index in [1.54, 1.807) is 23.9 Å². The second kappa shape index (κ2) is 6.17. The molecule has 0 aliphatic carbocycles. The van der Waals surface area contributed by atoms with E-state index in [4.69, 9.17) is 16.3 Å². The molecule has 2 aromatic carbocycles. The van der Waals surface area contributed by atoms with Gasteiger partial charge in [0.1, 0.15) is 17.1 Å². The minimum atomic E-state index is -0.193. The molecule has 3 aromatic rings. The van der Waals surface area contributed by atoms with Gasteiger partial charge in [0, 0.05) is 16.7 Å². The molecule has 5 nitrogen and oxygen atoms in total. The maximum absolute atomic E-state index is 9.53. The van der Waals surface area contributed by atoms with Crippen molar-refractivity contribution in [3.63, 3.8) is 0 Å². The van der Waals surface area contributed by atoms with E-state index in [2.05, 4.69) is 10.3 Å². The zero-order valence-corrected chi connectivity index (χ0v) is 12.7. The third kappa shape index (κ3) is 2.68. The van der Waals surface area contributed by atoms with Crippen molar-refractivity contribution in [2.24, 2.45) is 0 Å². The minimum absolute atomic E-state index is 0.193. The Balaban J connectivity index is 2.16. The molecule has 0 radical (unpaired) electrons. The molecule has 0 amide bonds. The molecule has 0 bridgehead atoms. The predicted octanol–water partition coefficient (Wildman–Crippen LogP) is 3.09. The van der Waals surface area contributed by atoms with Gasteiger partial charge in [-0.05, 0) is 24.3 Å². The summed E-state index contributed by atoms with van der Waals surface area (Å²) in [6, 6.07) is 14.8. The molecule has 0 aliphatic rings. The van der Waals surface area contributed by atoms with Gasteiger partial charge < -0.3 is 9.84 Å². The van der Waals surface area contributed by atoms with Crippen molar-refractivity contribution in [2.75, 3.05) is 7.11 Å². The van der Waals surface area contributed by atoms with E-state index in [9.17, 15) is 5.11 Å². The fourth-order valence-corrected chi connectivity index (χ4v) is 2.37. The van der Waals surface area contributed by atoms with E-state index in [1.807, 2.05) is 36.4 Å². The Bertz CT molecular complexity index is 784.